The summed E-state index contributed by atoms with van der Waals surface area (Å²) >= 11 is 0. The average Bonchev–Trinajstić information content (AvgIpc) is 3.43. The molecule has 0 bridgehead atoms. The zero-order chi connectivity index (χ0) is 18.9. The lowest BCUT2D eigenvalue weighted by molar-refractivity contribution is 0.418. The molecule has 4 aromatic rings. The van der Waals surface area contributed by atoms with E-state index >= 15 is 0 Å². The van der Waals surface area contributed by atoms with Crippen LogP contribution >= 0.6 is 0 Å². The largest absolute Gasteiger partial charge is 0.368 e. The van der Waals surface area contributed by atoms with Gasteiger partial charge in [-0.15, -0.1) is 0 Å². The Morgan fingerprint density at radius 2 is 1.89 bits per heavy atom. The lowest BCUT2D eigenvalue weighted by atomic mass is 10.1. The molecule has 0 atom stereocenters. The molecular weight excluding hydrogens is 356 g/mol. The number of fused-ring (bicyclic) bond motifs is 1. The lowest BCUT2D eigenvalue weighted by Gasteiger charge is -2.03. The van der Waals surface area contributed by atoms with Crippen LogP contribution < -0.4 is 10.9 Å². The Bertz CT molecular complexity index is 1240. The molecule has 1 aliphatic rings. The predicted molar refractivity (Wildman–Crippen MR) is 104 cm³/mol. The van der Waals surface area contributed by atoms with E-state index in [-0.39, 0.29) is 12.1 Å². The molecule has 2 aromatic heterocycles. The molecule has 0 aliphatic carbocycles. The highest BCUT2D eigenvalue weighted by molar-refractivity contribution is 6.00. The predicted octanol–water partition coefficient (Wildman–Crippen LogP) is 1.84. The highest BCUT2D eigenvalue weighted by atomic mass is 16.5. The zero-order valence-corrected chi connectivity index (χ0v) is 14.9. The van der Waals surface area contributed by atoms with E-state index in [4.69, 9.17) is 4.52 Å². The summed E-state index contributed by atoms with van der Waals surface area (Å²) in [6, 6.07) is 15.1. The summed E-state index contributed by atoms with van der Waals surface area (Å²) in [7, 11) is 0. The first kappa shape index (κ1) is 16.4. The summed E-state index contributed by atoms with van der Waals surface area (Å²) in [5, 5.41) is 12.8. The molecule has 1 aliphatic heterocycles. The number of aromatic nitrogens is 4. The highest BCUT2D eigenvalue weighted by Crippen LogP contribution is 2.18. The van der Waals surface area contributed by atoms with Crippen LogP contribution in [0.25, 0.3) is 22.2 Å². The number of aliphatic imine (C=N–C) groups is 1. The second kappa shape index (κ2) is 6.73. The van der Waals surface area contributed by atoms with Gasteiger partial charge in [-0.2, -0.15) is 10.1 Å². The summed E-state index contributed by atoms with van der Waals surface area (Å²) in [5.74, 6) is 1.70. The fourth-order valence-electron chi connectivity index (χ4n) is 3.17. The Morgan fingerprint density at radius 1 is 1.07 bits per heavy atom. The second-order valence-electron chi connectivity index (χ2n) is 6.44. The standard InChI is InChI=1S/C20H16N6O2/c27-20-16-4-2-1-3-15(16)11-23-26(20)12-17-24-19(28-25-17)14-7-5-13(6-8-14)18-21-9-10-22-18/h1-8,11H,9-10,12H2,(H,21,22). The van der Waals surface area contributed by atoms with Crippen molar-refractivity contribution >= 4 is 16.6 Å². The Labute approximate surface area is 159 Å². The topological polar surface area (TPSA) is 98.2 Å². The minimum absolute atomic E-state index is 0.145. The van der Waals surface area contributed by atoms with Gasteiger partial charge >= 0.3 is 0 Å². The van der Waals surface area contributed by atoms with Gasteiger partial charge in [-0.05, 0) is 18.2 Å². The van der Waals surface area contributed by atoms with Crippen molar-refractivity contribution in [3.63, 3.8) is 0 Å². The molecule has 0 fully saturated rings. The first-order valence-electron chi connectivity index (χ1n) is 8.94. The quantitative estimate of drug-likeness (QED) is 0.587. The van der Waals surface area contributed by atoms with Gasteiger partial charge < -0.3 is 9.84 Å². The molecule has 0 saturated carbocycles. The molecule has 8 nitrogen and oxygen atoms in total. The van der Waals surface area contributed by atoms with Crippen molar-refractivity contribution in [1.29, 1.82) is 0 Å². The molecule has 0 amide bonds. The van der Waals surface area contributed by atoms with E-state index in [1.54, 1.807) is 12.3 Å². The van der Waals surface area contributed by atoms with Gasteiger partial charge in [0.15, 0.2) is 5.82 Å². The van der Waals surface area contributed by atoms with Crippen molar-refractivity contribution in [2.24, 2.45) is 4.99 Å². The molecule has 3 heterocycles. The first-order chi connectivity index (χ1) is 13.8. The highest BCUT2D eigenvalue weighted by Gasteiger charge is 2.13. The fourth-order valence-corrected chi connectivity index (χ4v) is 3.17. The van der Waals surface area contributed by atoms with Crippen LogP contribution in [0, 0.1) is 0 Å². The normalized spacial score (nSPS) is 13.5. The van der Waals surface area contributed by atoms with E-state index < -0.39 is 0 Å². The van der Waals surface area contributed by atoms with Crippen molar-refractivity contribution < 1.29 is 4.52 Å². The van der Waals surface area contributed by atoms with Gasteiger partial charge in [0, 0.05) is 23.1 Å². The lowest BCUT2D eigenvalue weighted by Crippen LogP contribution is -2.23. The van der Waals surface area contributed by atoms with E-state index in [2.05, 4.69) is 25.5 Å². The molecule has 0 saturated heterocycles. The van der Waals surface area contributed by atoms with Crippen molar-refractivity contribution in [3.8, 4) is 11.5 Å². The summed E-state index contributed by atoms with van der Waals surface area (Å²) in [6.07, 6.45) is 1.66. The molecule has 28 heavy (non-hydrogen) atoms. The van der Waals surface area contributed by atoms with Crippen LogP contribution in [0.5, 0.6) is 0 Å². The van der Waals surface area contributed by atoms with Crippen LogP contribution in [0.3, 0.4) is 0 Å². The Kier molecular flexibility index (Phi) is 3.93. The van der Waals surface area contributed by atoms with Gasteiger partial charge in [-0.25, -0.2) is 4.68 Å². The molecule has 2 aromatic carbocycles. The van der Waals surface area contributed by atoms with Crippen LogP contribution in [-0.4, -0.2) is 38.8 Å². The molecule has 0 spiro atoms. The van der Waals surface area contributed by atoms with Gasteiger partial charge in [0.25, 0.3) is 11.4 Å². The van der Waals surface area contributed by atoms with Gasteiger partial charge in [-0.1, -0.05) is 35.5 Å². The molecule has 1 N–H and O–H groups in total. The maximum absolute atomic E-state index is 12.6. The first-order valence-corrected chi connectivity index (χ1v) is 8.94. The van der Waals surface area contributed by atoms with E-state index in [0.29, 0.717) is 17.1 Å². The van der Waals surface area contributed by atoms with E-state index in [1.165, 1.54) is 4.68 Å². The smallest absolute Gasteiger partial charge is 0.275 e. The number of nitrogens with one attached hydrogen (secondary N) is 1. The maximum atomic E-state index is 12.6. The Hall–Kier alpha value is -3.81. The number of benzene rings is 2. The number of hydrogen-bond acceptors (Lipinski definition) is 7. The molecular formula is C20H16N6O2. The molecule has 5 rings (SSSR count). The van der Waals surface area contributed by atoms with Gasteiger partial charge in [0.1, 0.15) is 12.4 Å². The third kappa shape index (κ3) is 2.94. The Balaban J connectivity index is 1.39. The van der Waals surface area contributed by atoms with Gasteiger partial charge in [0.2, 0.25) is 0 Å². The second-order valence-corrected chi connectivity index (χ2v) is 6.44. The third-order valence-corrected chi connectivity index (χ3v) is 4.60. The monoisotopic (exact) mass is 372 g/mol. The van der Waals surface area contributed by atoms with Gasteiger partial charge in [-0.3, -0.25) is 9.79 Å². The zero-order valence-electron chi connectivity index (χ0n) is 14.9. The van der Waals surface area contributed by atoms with Crippen LogP contribution in [0.4, 0.5) is 0 Å². The summed E-state index contributed by atoms with van der Waals surface area (Å²) < 4.78 is 6.70. The van der Waals surface area contributed by atoms with Crippen LogP contribution in [-0.2, 0) is 6.54 Å². The molecule has 8 heteroatoms. The number of amidine groups is 1. The maximum Gasteiger partial charge on any atom is 0.275 e. The molecule has 0 unspecified atom stereocenters. The number of hydrogen-bond donors (Lipinski definition) is 1. The summed E-state index contributed by atoms with van der Waals surface area (Å²) in [6.45, 7) is 1.81. The van der Waals surface area contributed by atoms with E-state index in [9.17, 15) is 4.79 Å². The third-order valence-electron chi connectivity index (χ3n) is 4.60. The van der Waals surface area contributed by atoms with Crippen molar-refractivity contribution in [3.05, 3.63) is 76.5 Å². The van der Waals surface area contributed by atoms with Crippen LogP contribution in [0.1, 0.15) is 11.4 Å². The number of rotatable bonds is 4. The summed E-state index contributed by atoms with van der Waals surface area (Å²) in [5.41, 5.74) is 1.64. The van der Waals surface area contributed by atoms with Gasteiger partial charge in [0.05, 0.1) is 18.1 Å². The van der Waals surface area contributed by atoms with Crippen molar-refractivity contribution in [1.82, 2.24) is 25.2 Å². The van der Waals surface area contributed by atoms with E-state index in [0.717, 1.165) is 35.4 Å². The SMILES string of the molecule is O=c1c2ccccc2cnn1Cc1noc(-c2ccc(C3=NCCN3)cc2)n1. The average molecular weight is 372 g/mol. The fraction of sp³-hybridized carbons (Fsp3) is 0.150. The molecule has 0 radical (unpaired) electrons. The minimum Gasteiger partial charge on any atom is -0.368 e. The summed E-state index contributed by atoms with van der Waals surface area (Å²) in [4.78, 5) is 21.4. The van der Waals surface area contributed by atoms with Crippen LogP contribution in [0.2, 0.25) is 0 Å². The van der Waals surface area contributed by atoms with Crippen LogP contribution in [0.15, 0.2) is 69.0 Å². The van der Waals surface area contributed by atoms with Crippen molar-refractivity contribution in [2.45, 2.75) is 6.54 Å². The minimum atomic E-state index is -0.182. The molecule has 138 valence electrons. The van der Waals surface area contributed by atoms with Crippen molar-refractivity contribution in [2.75, 3.05) is 13.1 Å². The Morgan fingerprint density at radius 3 is 2.71 bits per heavy atom. The van der Waals surface area contributed by atoms with E-state index in [1.807, 2.05) is 42.5 Å². The number of nitrogens with zero attached hydrogens (tertiary/aromatic N) is 5.